The number of hydrogen-bond acceptors (Lipinski definition) is 1. The fourth-order valence-corrected chi connectivity index (χ4v) is 1.92. The van der Waals surface area contributed by atoms with Gasteiger partial charge in [0.1, 0.15) is 0 Å². The average Bonchev–Trinajstić information content (AvgIpc) is 2.46. The normalized spacial score (nSPS) is 10.8. The van der Waals surface area contributed by atoms with Crippen LogP contribution in [0.2, 0.25) is 0 Å². The third kappa shape index (κ3) is 3.80. The monoisotopic (exact) mass is 270 g/mol. The first-order chi connectivity index (χ1) is 9.19. The van der Waals surface area contributed by atoms with Crippen LogP contribution in [0.1, 0.15) is 34.0 Å². The summed E-state index contributed by atoms with van der Waals surface area (Å²) in [5, 5.41) is 0. The number of halogens is 1. The van der Waals surface area contributed by atoms with Crippen molar-refractivity contribution in [3.63, 3.8) is 0 Å². The van der Waals surface area contributed by atoms with Gasteiger partial charge >= 0.3 is 0 Å². The molecule has 0 amide bonds. The Morgan fingerprint density at radius 2 is 1.42 bits per heavy atom. The zero-order valence-corrected chi connectivity index (χ0v) is 11.5. The molecule has 0 heterocycles. The molecule has 0 N–H and O–H groups in total. The topological polar surface area (TPSA) is 17.1 Å². The van der Waals surface area contributed by atoms with Crippen molar-refractivity contribution in [3.05, 3.63) is 70.8 Å². The van der Waals surface area contributed by atoms with E-state index in [2.05, 4.69) is 0 Å². The summed E-state index contributed by atoms with van der Waals surface area (Å²) in [6.07, 6.45) is 4.07. The second kappa shape index (κ2) is 6.35. The lowest BCUT2D eigenvalue weighted by Gasteiger charge is -1.98. The Morgan fingerprint density at radius 3 is 1.84 bits per heavy atom. The fraction of sp³-hybridized carbons (Fsp3) is 0.118. The van der Waals surface area contributed by atoms with Crippen molar-refractivity contribution in [2.75, 3.05) is 0 Å². The summed E-state index contributed by atoms with van der Waals surface area (Å²) in [6, 6.07) is 15.7. The maximum atomic E-state index is 11.2. The number of ketones is 1. The standard InChI is InChI=1S/C17H15ClO/c1-13(19)17-10-8-15(9-11-17)3-2-14-4-6-16(12-18)7-5-14/h2-11H,12H2,1H3. The Kier molecular flexibility index (Phi) is 4.53. The van der Waals surface area contributed by atoms with Crippen LogP contribution in [0.5, 0.6) is 0 Å². The molecule has 0 fully saturated rings. The van der Waals surface area contributed by atoms with E-state index in [9.17, 15) is 4.79 Å². The lowest BCUT2D eigenvalue weighted by molar-refractivity contribution is 0.101. The zero-order valence-electron chi connectivity index (χ0n) is 10.8. The first-order valence-electron chi connectivity index (χ1n) is 6.13. The molecule has 0 aromatic heterocycles. The molecule has 0 aliphatic heterocycles. The maximum Gasteiger partial charge on any atom is 0.159 e. The third-order valence-electron chi connectivity index (χ3n) is 2.92. The Hall–Kier alpha value is -1.86. The molecular formula is C17H15ClO. The van der Waals surface area contributed by atoms with Gasteiger partial charge in [0.15, 0.2) is 5.78 Å². The summed E-state index contributed by atoms with van der Waals surface area (Å²) >= 11 is 5.75. The second-order valence-electron chi connectivity index (χ2n) is 4.39. The molecule has 2 rings (SSSR count). The van der Waals surface area contributed by atoms with E-state index in [4.69, 9.17) is 11.6 Å². The second-order valence-corrected chi connectivity index (χ2v) is 4.65. The molecule has 0 aliphatic carbocycles. The Labute approximate surface area is 118 Å². The summed E-state index contributed by atoms with van der Waals surface area (Å²) in [4.78, 5) is 11.2. The first-order valence-corrected chi connectivity index (χ1v) is 6.66. The molecular weight excluding hydrogens is 256 g/mol. The molecule has 0 atom stereocenters. The molecule has 19 heavy (non-hydrogen) atoms. The highest BCUT2D eigenvalue weighted by Crippen LogP contribution is 2.12. The number of hydrogen-bond donors (Lipinski definition) is 0. The molecule has 0 aliphatic rings. The number of carbonyl (C=O) groups excluding carboxylic acids is 1. The largest absolute Gasteiger partial charge is 0.295 e. The maximum absolute atomic E-state index is 11.2. The van der Waals surface area contributed by atoms with Gasteiger partial charge in [0.25, 0.3) is 0 Å². The van der Waals surface area contributed by atoms with Gasteiger partial charge < -0.3 is 0 Å². The smallest absolute Gasteiger partial charge is 0.159 e. The molecule has 0 saturated heterocycles. The molecule has 0 bridgehead atoms. The van der Waals surface area contributed by atoms with Crippen LogP contribution in [0.3, 0.4) is 0 Å². The fourth-order valence-electron chi connectivity index (χ4n) is 1.74. The number of rotatable bonds is 4. The van der Waals surface area contributed by atoms with E-state index >= 15 is 0 Å². The summed E-state index contributed by atoms with van der Waals surface area (Å²) in [6.45, 7) is 1.57. The summed E-state index contributed by atoms with van der Waals surface area (Å²) < 4.78 is 0. The van der Waals surface area contributed by atoms with Crippen LogP contribution < -0.4 is 0 Å². The summed E-state index contributed by atoms with van der Waals surface area (Å²) in [5.74, 6) is 0.628. The van der Waals surface area contributed by atoms with Crippen molar-refractivity contribution in [1.82, 2.24) is 0 Å². The van der Waals surface area contributed by atoms with Crippen molar-refractivity contribution in [3.8, 4) is 0 Å². The van der Waals surface area contributed by atoms with E-state index < -0.39 is 0 Å². The van der Waals surface area contributed by atoms with Gasteiger partial charge in [0.2, 0.25) is 0 Å². The highest BCUT2D eigenvalue weighted by molar-refractivity contribution is 6.17. The molecule has 0 spiro atoms. The van der Waals surface area contributed by atoms with E-state index in [1.165, 1.54) is 0 Å². The van der Waals surface area contributed by atoms with Gasteiger partial charge in [-0.05, 0) is 23.6 Å². The molecule has 0 unspecified atom stereocenters. The van der Waals surface area contributed by atoms with Crippen LogP contribution in [0.4, 0.5) is 0 Å². The minimum Gasteiger partial charge on any atom is -0.295 e. The van der Waals surface area contributed by atoms with Crippen LogP contribution in [0, 0.1) is 0 Å². The van der Waals surface area contributed by atoms with Gasteiger partial charge in [0.05, 0.1) is 0 Å². The van der Waals surface area contributed by atoms with Crippen molar-refractivity contribution >= 4 is 29.5 Å². The van der Waals surface area contributed by atoms with Crippen LogP contribution in [0.15, 0.2) is 48.5 Å². The molecule has 2 aromatic rings. The summed E-state index contributed by atoms with van der Waals surface area (Å²) in [5.41, 5.74) is 4.06. The molecule has 2 heteroatoms. The number of alkyl halides is 1. The van der Waals surface area contributed by atoms with Gasteiger partial charge in [-0.1, -0.05) is 60.7 Å². The van der Waals surface area contributed by atoms with E-state index in [1.54, 1.807) is 6.92 Å². The third-order valence-corrected chi connectivity index (χ3v) is 3.23. The molecule has 2 aromatic carbocycles. The van der Waals surface area contributed by atoms with Crippen molar-refractivity contribution in [2.24, 2.45) is 0 Å². The molecule has 96 valence electrons. The van der Waals surface area contributed by atoms with Crippen LogP contribution in [-0.2, 0) is 5.88 Å². The lowest BCUT2D eigenvalue weighted by atomic mass is 10.1. The molecule has 0 saturated carbocycles. The van der Waals surface area contributed by atoms with Crippen molar-refractivity contribution in [1.29, 1.82) is 0 Å². The Balaban J connectivity index is 2.10. The lowest BCUT2D eigenvalue weighted by Crippen LogP contribution is -1.90. The number of Topliss-reactive ketones (excluding diaryl/α,β-unsaturated/α-hetero) is 1. The van der Waals surface area contributed by atoms with Gasteiger partial charge in [0, 0.05) is 11.4 Å². The first kappa shape index (κ1) is 13.6. The molecule has 0 radical (unpaired) electrons. The Bertz CT molecular complexity index is 580. The SMILES string of the molecule is CC(=O)c1ccc(C=Cc2ccc(CCl)cc2)cc1. The van der Waals surface area contributed by atoms with E-state index in [1.807, 2.05) is 60.7 Å². The average molecular weight is 271 g/mol. The van der Waals surface area contributed by atoms with Gasteiger partial charge in [-0.25, -0.2) is 0 Å². The highest BCUT2D eigenvalue weighted by atomic mass is 35.5. The quantitative estimate of drug-likeness (QED) is 0.443. The van der Waals surface area contributed by atoms with E-state index in [0.717, 1.165) is 22.3 Å². The number of carbonyl (C=O) groups is 1. The minimum atomic E-state index is 0.0900. The van der Waals surface area contributed by atoms with E-state index in [-0.39, 0.29) is 5.78 Å². The molecule has 1 nitrogen and oxygen atoms in total. The van der Waals surface area contributed by atoms with Gasteiger partial charge in [-0.15, -0.1) is 11.6 Å². The van der Waals surface area contributed by atoms with Gasteiger partial charge in [-0.3, -0.25) is 4.79 Å². The zero-order chi connectivity index (χ0) is 13.7. The predicted octanol–water partition coefficient (Wildman–Crippen LogP) is 4.80. The van der Waals surface area contributed by atoms with Crippen LogP contribution in [-0.4, -0.2) is 5.78 Å². The number of benzene rings is 2. The van der Waals surface area contributed by atoms with Crippen molar-refractivity contribution < 1.29 is 4.79 Å². The Morgan fingerprint density at radius 1 is 0.947 bits per heavy atom. The van der Waals surface area contributed by atoms with E-state index in [0.29, 0.717) is 5.88 Å². The minimum absolute atomic E-state index is 0.0900. The van der Waals surface area contributed by atoms with Crippen LogP contribution in [0.25, 0.3) is 12.2 Å². The van der Waals surface area contributed by atoms with Crippen molar-refractivity contribution in [2.45, 2.75) is 12.8 Å². The summed E-state index contributed by atoms with van der Waals surface area (Å²) in [7, 11) is 0. The predicted molar refractivity (Wildman–Crippen MR) is 81.4 cm³/mol. The highest BCUT2D eigenvalue weighted by Gasteiger charge is 1.97. The van der Waals surface area contributed by atoms with Crippen LogP contribution >= 0.6 is 11.6 Å². The van der Waals surface area contributed by atoms with Gasteiger partial charge in [-0.2, -0.15) is 0 Å².